The van der Waals surface area contributed by atoms with Gasteiger partial charge in [-0.2, -0.15) is 0 Å². The van der Waals surface area contributed by atoms with E-state index in [1.54, 1.807) is 4.90 Å². The second-order valence-corrected chi connectivity index (χ2v) is 8.08. The molecule has 0 fully saturated rings. The van der Waals surface area contributed by atoms with Gasteiger partial charge in [-0.25, -0.2) is 0 Å². The normalized spacial score (nSPS) is 10.5. The third kappa shape index (κ3) is 5.84. The first-order valence-corrected chi connectivity index (χ1v) is 11.5. The Balaban J connectivity index is 1.47. The van der Waals surface area contributed by atoms with E-state index in [1.807, 2.05) is 105 Å². The third-order valence-corrected chi connectivity index (χ3v) is 5.57. The van der Waals surface area contributed by atoms with Gasteiger partial charge in [-0.1, -0.05) is 72.8 Å². The molecule has 4 aromatic carbocycles. The van der Waals surface area contributed by atoms with Crippen molar-refractivity contribution in [1.82, 2.24) is 4.90 Å². The fraction of sp³-hybridized carbons (Fsp3) is 0.167. The van der Waals surface area contributed by atoms with Crippen LogP contribution in [0.25, 0.3) is 11.1 Å². The van der Waals surface area contributed by atoms with Crippen LogP contribution in [0.1, 0.15) is 28.4 Å². The molecule has 172 valence electrons. The van der Waals surface area contributed by atoms with Crippen molar-refractivity contribution in [1.29, 1.82) is 0 Å². The van der Waals surface area contributed by atoms with Gasteiger partial charge in [0.05, 0.1) is 6.61 Å². The zero-order chi connectivity index (χ0) is 23.8. The number of carbonyl (C=O) groups excluding carboxylic acids is 1. The summed E-state index contributed by atoms with van der Waals surface area (Å²) in [5, 5.41) is 0. The second kappa shape index (κ2) is 11.2. The third-order valence-electron chi connectivity index (χ3n) is 5.57. The van der Waals surface area contributed by atoms with Crippen LogP contribution in [-0.2, 0) is 13.2 Å². The zero-order valence-corrected chi connectivity index (χ0v) is 19.6. The number of ether oxygens (including phenoxy) is 2. The van der Waals surface area contributed by atoms with Crippen molar-refractivity contribution in [3.63, 3.8) is 0 Å². The van der Waals surface area contributed by atoms with Crippen LogP contribution in [0.15, 0.2) is 103 Å². The molecular weight excluding hydrogens is 422 g/mol. The van der Waals surface area contributed by atoms with E-state index in [9.17, 15) is 4.79 Å². The summed E-state index contributed by atoms with van der Waals surface area (Å²) < 4.78 is 11.8. The number of hydrogen-bond acceptors (Lipinski definition) is 3. The largest absolute Gasteiger partial charge is 0.493 e. The molecule has 0 atom stereocenters. The standard InChI is InChI=1S/C30H29NO3/c1-3-33-29-19-16-26(30(32)31(2)21-23-10-6-4-7-11-23)20-27(29)22-34-28-17-14-25(15-18-28)24-12-8-5-9-13-24/h4-20H,3,21-22H2,1-2H3. The van der Waals surface area contributed by atoms with Gasteiger partial charge in [0.25, 0.3) is 5.91 Å². The second-order valence-electron chi connectivity index (χ2n) is 8.08. The number of nitrogens with zero attached hydrogens (tertiary/aromatic N) is 1. The average Bonchev–Trinajstić information content (AvgIpc) is 2.89. The average molecular weight is 452 g/mol. The highest BCUT2D eigenvalue weighted by molar-refractivity contribution is 5.94. The van der Waals surface area contributed by atoms with Crippen LogP contribution in [0.4, 0.5) is 0 Å². The Labute approximate surface area is 201 Å². The minimum absolute atomic E-state index is 0.0413. The van der Waals surface area contributed by atoms with Gasteiger partial charge in [0, 0.05) is 24.7 Å². The first-order chi connectivity index (χ1) is 16.6. The summed E-state index contributed by atoms with van der Waals surface area (Å²) in [4.78, 5) is 14.8. The minimum Gasteiger partial charge on any atom is -0.493 e. The number of rotatable bonds is 9. The molecule has 0 heterocycles. The lowest BCUT2D eigenvalue weighted by Crippen LogP contribution is -2.26. The summed E-state index contributed by atoms with van der Waals surface area (Å²) >= 11 is 0. The van der Waals surface area contributed by atoms with Crippen LogP contribution < -0.4 is 9.47 Å². The van der Waals surface area contributed by atoms with Crippen molar-refractivity contribution in [2.24, 2.45) is 0 Å². The Morgan fingerprint density at radius 3 is 2.09 bits per heavy atom. The van der Waals surface area contributed by atoms with Gasteiger partial charge in [-0.15, -0.1) is 0 Å². The molecule has 0 N–H and O–H groups in total. The molecule has 0 aliphatic carbocycles. The molecule has 4 rings (SSSR count). The lowest BCUT2D eigenvalue weighted by atomic mass is 10.1. The lowest BCUT2D eigenvalue weighted by Gasteiger charge is -2.19. The van der Waals surface area contributed by atoms with Gasteiger partial charge in [0.1, 0.15) is 18.1 Å². The molecule has 0 aromatic heterocycles. The van der Waals surface area contributed by atoms with Crippen LogP contribution in [-0.4, -0.2) is 24.5 Å². The Kier molecular flexibility index (Phi) is 7.61. The first-order valence-electron chi connectivity index (χ1n) is 11.5. The van der Waals surface area contributed by atoms with Crippen LogP contribution in [0.5, 0.6) is 11.5 Å². The van der Waals surface area contributed by atoms with E-state index in [-0.39, 0.29) is 5.91 Å². The Morgan fingerprint density at radius 2 is 1.41 bits per heavy atom. The van der Waals surface area contributed by atoms with Crippen LogP contribution in [0.2, 0.25) is 0 Å². The van der Waals surface area contributed by atoms with Crippen LogP contribution >= 0.6 is 0 Å². The molecule has 4 heteroatoms. The molecule has 0 unspecified atom stereocenters. The summed E-state index contributed by atoms with van der Waals surface area (Å²) in [7, 11) is 1.82. The summed E-state index contributed by atoms with van der Waals surface area (Å²) in [5.41, 5.74) is 4.84. The van der Waals surface area contributed by atoms with Gasteiger partial charge in [0.2, 0.25) is 0 Å². The monoisotopic (exact) mass is 451 g/mol. The fourth-order valence-electron chi connectivity index (χ4n) is 3.81. The maximum absolute atomic E-state index is 13.1. The van der Waals surface area contributed by atoms with Gasteiger partial charge < -0.3 is 14.4 Å². The molecule has 4 nitrogen and oxygen atoms in total. The molecule has 4 aromatic rings. The molecule has 34 heavy (non-hydrogen) atoms. The minimum atomic E-state index is -0.0413. The van der Waals surface area contributed by atoms with Gasteiger partial charge in [-0.05, 0) is 53.9 Å². The van der Waals surface area contributed by atoms with E-state index in [0.29, 0.717) is 25.3 Å². The van der Waals surface area contributed by atoms with Gasteiger partial charge in [-0.3, -0.25) is 4.79 Å². The molecule has 0 aliphatic rings. The smallest absolute Gasteiger partial charge is 0.253 e. The summed E-state index contributed by atoms with van der Waals surface area (Å²) in [6.07, 6.45) is 0. The van der Waals surface area contributed by atoms with Crippen molar-refractivity contribution < 1.29 is 14.3 Å². The Morgan fingerprint density at radius 1 is 0.765 bits per heavy atom. The number of carbonyl (C=O) groups is 1. The molecule has 0 saturated heterocycles. The number of benzene rings is 4. The molecule has 0 radical (unpaired) electrons. The summed E-state index contributed by atoms with van der Waals surface area (Å²) in [6, 6.07) is 33.8. The topological polar surface area (TPSA) is 38.8 Å². The predicted molar refractivity (Wildman–Crippen MR) is 136 cm³/mol. The maximum atomic E-state index is 13.1. The highest BCUT2D eigenvalue weighted by Crippen LogP contribution is 2.26. The highest BCUT2D eigenvalue weighted by Gasteiger charge is 2.15. The quantitative estimate of drug-likeness (QED) is 0.288. The van der Waals surface area contributed by atoms with Crippen molar-refractivity contribution in [2.45, 2.75) is 20.1 Å². The first kappa shape index (κ1) is 23.1. The molecule has 0 spiro atoms. The number of amides is 1. The SMILES string of the molecule is CCOc1ccc(C(=O)N(C)Cc2ccccc2)cc1COc1ccc(-c2ccccc2)cc1. The van der Waals surface area contributed by atoms with E-state index in [4.69, 9.17) is 9.47 Å². The summed E-state index contributed by atoms with van der Waals surface area (Å²) in [6.45, 7) is 3.34. The molecule has 0 bridgehead atoms. The Bertz CT molecular complexity index is 1210. The van der Waals surface area contributed by atoms with Crippen molar-refractivity contribution in [3.8, 4) is 22.6 Å². The lowest BCUT2D eigenvalue weighted by molar-refractivity contribution is 0.0785. The van der Waals surface area contributed by atoms with E-state index in [2.05, 4.69) is 12.1 Å². The fourth-order valence-corrected chi connectivity index (χ4v) is 3.81. The predicted octanol–water partition coefficient (Wildman–Crippen LogP) is 6.60. The zero-order valence-electron chi connectivity index (χ0n) is 19.6. The van der Waals surface area contributed by atoms with Crippen molar-refractivity contribution >= 4 is 5.91 Å². The summed E-state index contributed by atoms with van der Waals surface area (Å²) in [5.74, 6) is 1.45. The number of hydrogen-bond donors (Lipinski definition) is 0. The van der Waals surface area contributed by atoms with E-state index >= 15 is 0 Å². The van der Waals surface area contributed by atoms with Crippen LogP contribution in [0, 0.1) is 0 Å². The molecule has 0 aliphatic heterocycles. The van der Waals surface area contributed by atoms with E-state index in [1.165, 1.54) is 5.56 Å². The molecule has 0 saturated carbocycles. The van der Waals surface area contributed by atoms with Crippen molar-refractivity contribution in [2.75, 3.05) is 13.7 Å². The maximum Gasteiger partial charge on any atom is 0.253 e. The van der Waals surface area contributed by atoms with Gasteiger partial charge >= 0.3 is 0 Å². The van der Waals surface area contributed by atoms with Crippen LogP contribution in [0.3, 0.4) is 0 Å². The molecular formula is C30H29NO3. The van der Waals surface area contributed by atoms with E-state index in [0.717, 1.165) is 28.2 Å². The Hall–Kier alpha value is -4.05. The highest BCUT2D eigenvalue weighted by atomic mass is 16.5. The molecule has 1 amide bonds. The van der Waals surface area contributed by atoms with Gasteiger partial charge in [0.15, 0.2) is 0 Å². The van der Waals surface area contributed by atoms with Crippen molar-refractivity contribution in [3.05, 3.63) is 120 Å². The van der Waals surface area contributed by atoms with E-state index < -0.39 is 0 Å².